The van der Waals surface area contributed by atoms with E-state index in [9.17, 15) is 4.79 Å². The standard InChI is InChI=1S/C16H23ClN2O2/c1-12(2)7-8-18-16(20)19-9-10-21-15(11-19)13-5-3-4-6-14(13)17/h3-6,12,15H,7-11H2,1-2H3,(H,18,20). The van der Waals surface area contributed by atoms with Gasteiger partial charge in [0.25, 0.3) is 0 Å². The van der Waals surface area contributed by atoms with E-state index in [-0.39, 0.29) is 12.1 Å². The Hall–Kier alpha value is -1.26. The second kappa shape index (κ2) is 7.66. The Labute approximate surface area is 131 Å². The van der Waals surface area contributed by atoms with Crippen molar-refractivity contribution in [3.05, 3.63) is 34.9 Å². The first-order chi connectivity index (χ1) is 10.1. The lowest BCUT2D eigenvalue weighted by Crippen LogP contribution is -2.47. The van der Waals surface area contributed by atoms with Crippen molar-refractivity contribution in [1.82, 2.24) is 10.2 Å². The first kappa shape index (κ1) is 16.1. The van der Waals surface area contributed by atoms with E-state index in [0.717, 1.165) is 12.0 Å². The van der Waals surface area contributed by atoms with Crippen LogP contribution in [-0.4, -0.2) is 37.2 Å². The van der Waals surface area contributed by atoms with Gasteiger partial charge in [0.05, 0.1) is 13.2 Å². The van der Waals surface area contributed by atoms with Gasteiger partial charge in [-0.3, -0.25) is 0 Å². The van der Waals surface area contributed by atoms with E-state index in [4.69, 9.17) is 16.3 Å². The molecule has 0 aliphatic carbocycles. The molecule has 0 bridgehead atoms. The van der Waals surface area contributed by atoms with E-state index in [1.807, 2.05) is 24.3 Å². The number of benzene rings is 1. The van der Waals surface area contributed by atoms with Crippen molar-refractivity contribution < 1.29 is 9.53 Å². The summed E-state index contributed by atoms with van der Waals surface area (Å²) < 4.78 is 5.76. The quantitative estimate of drug-likeness (QED) is 0.925. The highest BCUT2D eigenvalue weighted by Gasteiger charge is 2.26. The summed E-state index contributed by atoms with van der Waals surface area (Å²) in [4.78, 5) is 14.0. The molecule has 21 heavy (non-hydrogen) atoms. The molecule has 1 aliphatic rings. The molecular weight excluding hydrogens is 288 g/mol. The maximum atomic E-state index is 12.2. The number of carbonyl (C=O) groups excluding carboxylic acids is 1. The van der Waals surface area contributed by atoms with Gasteiger partial charge in [0.1, 0.15) is 6.10 Å². The van der Waals surface area contributed by atoms with Gasteiger partial charge in [-0.1, -0.05) is 43.6 Å². The molecule has 1 saturated heterocycles. The van der Waals surface area contributed by atoms with E-state index in [2.05, 4.69) is 19.2 Å². The number of halogens is 1. The minimum atomic E-state index is -0.150. The molecular formula is C16H23ClN2O2. The summed E-state index contributed by atoms with van der Waals surface area (Å²) in [6.45, 7) is 6.70. The lowest BCUT2D eigenvalue weighted by molar-refractivity contribution is -0.0153. The Morgan fingerprint density at radius 1 is 1.48 bits per heavy atom. The summed E-state index contributed by atoms with van der Waals surface area (Å²) in [5.74, 6) is 0.589. The Balaban J connectivity index is 1.91. The number of hydrogen-bond donors (Lipinski definition) is 1. The average molecular weight is 311 g/mol. The number of nitrogens with zero attached hydrogens (tertiary/aromatic N) is 1. The number of ether oxygens (including phenoxy) is 1. The molecule has 0 radical (unpaired) electrons. The molecule has 1 aliphatic heterocycles. The highest BCUT2D eigenvalue weighted by molar-refractivity contribution is 6.31. The van der Waals surface area contributed by atoms with Crippen LogP contribution in [0.5, 0.6) is 0 Å². The molecule has 2 rings (SSSR count). The molecule has 5 heteroatoms. The molecule has 1 unspecified atom stereocenters. The lowest BCUT2D eigenvalue weighted by Gasteiger charge is -2.33. The van der Waals surface area contributed by atoms with E-state index in [0.29, 0.717) is 37.2 Å². The van der Waals surface area contributed by atoms with Crippen molar-refractivity contribution in [3.63, 3.8) is 0 Å². The van der Waals surface area contributed by atoms with Crippen LogP contribution in [0.1, 0.15) is 31.9 Å². The third-order valence-electron chi connectivity index (χ3n) is 3.60. The number of nitrogens with one attached hydrogen (secondary N) is 1. The van der Waals surface area contributed by atoms with Crippen molar-refractivity contribution in [3.8, 4) is 0 Å². The largest absolute Gasteiger partial charge is 0.370 e. The van der Waals surface area contributed by atoms with Crippen LogP contribution >= 0.6 is 11.6 Å². The molecule has 116 valence electrons. The van der Waals surface area contributed by atoms with Gasteiger partial charge in [-0.25, -0.2) is 4.79 Å². The summed E-state index contributed by atoms with van der Waals surface area (Å²) in [5, 5.41) is 3.65. The molecule has 1 aromatic rings. The van der Waals surface area contributed by atoms with Gasteiger partial charge < -0.3 is 15.0 Å². The number of hydrogen-bond acceptors (Lipinski definition) is 2. The van der Waals surface area contributed by atoms with Crippen LogP contribution in [0.4, 0.5) is 4.79 Å². The molecule has 2 amide bonds. The van der Waals surface area contributed by atoms with Gasteiger partial charge in [0, 0.05) is 23.7 Å². The van der Waals surface area contributed by atoms with E-state index >= 15 is 0 Å². The molecule has 1 heterocycles. The highest BCUT2D eigenvalue weighted by atomic mass is 35.5. The minimum absolute atomic E-state index is 0.0176. The Morgan fingerprint density at radius 3 is 2.95 bits per heavy atom. The first-order valence-electron chi connectivity index (χ1n) is 7.46. The average Bonchev–Trinajstić information content (AvgIpc) is 2.47. The maximum Gasteiger partial charge on any atom is 0.317 e. The third kappa shape index (κ3) is 4.61. The van der Waals surface area contributed by atoms with Gasteiger partial charge in [-0.15, -0.1) is 0 Å². The molecule has 0 spiro atoms. The van der Waals surface area contributed by atoms with E-state index in [1.54, 1.807) is 4.90 Å². The summed E-state index contributed by atoms with van der Waals surface area (Å²) in [6, 6.07) is 7.61. The lowest BCUT2D eigenvalue weighted by atomic mass is 10.1. The summed E-state index contributed by atoms with van der Waals surface area (Å²) in [5.41, 5.74) is 0.943. The summed E-state index contributed by atoms with van der Waals surface area (Å²) in [7, 11) is 0. The van der Waals surface area contributed by atoms with Gasteiger partial charge in [-0.2, -0.15) is 0 Å². The smallest absolute Gasteiger partial charge is 0.317 e. The van der Waals surface area contributed by atoms with Crippen LogP contribution in [-0.2, 0) is 4.74 Å². The van der Waals surface area contributed by atoms with Crippen LogP contribution in [0.25, 0.3) is 0 Å². The van der Waals surface area contributed by atoms with Crippen LogP contribution < -0.4 is 5.32 Å². The van der Waals surface area contributed by atoms with E-state index < -0.39 is 0 Å². The van der Waals surface area contributed by atoms with Crippen molar-refractivity contribution >= 4 is 17.6 Å². The Morgan fingerprint density at radius 2 is 2.24 bits per heavy atom. The first-order valence-corrected chi connectivity index (χ1v) is 7.84. The van der Waals surface area contributed by atoms with Crippen LogP contribution in [0, 0.1) is 5.92 Å². The minimum Gasteiger partial charge on any atom is -0.370 e. The Bertz CT molecular complexity index is 479. The highest BCUT2D eigenvalue weighted by Crippen LogP contribution is 2.28. The van der Waals surface area contributed by atoms with Crippen molar-refractivity contribution in [1.29, 1.82) is 0 Å². The molecule has 1 aromatic carbocycles. The van der Waals surface area contributed by atoms with Crippen molar-refractivity contribution in [2.45, 2.75) is 26.4 Å². The normalized spacial score (nSPS) is 18.9. The fourth-order valence-electron chi connectivity index (χ4n) is 2.34. The van der Waals surface area contributed by atoms with Gasteiger partial charge in [0.15, 0.2) is 0 Å². The van der Waals surface area contributed by atoms with Crippen LogP contribution in [0.2, 0.25) is 5.02 Å². The number of morpholine rings is 1. The van der Waals surface area contributed by atoms with Crippen molar-refractivity contribution in [2.24, 2.45) is 5.92 Å². The van der Waals surface area contributed by atoms with E-state index in [1.165, 1.54) is 0 Å². The monoisotopic (exact) mass is 310 g/mol. The summed E-state index contributed by atoms with van der Waals surface area (Å²) >= 11 is 6.20. The van der Waals surface area contributed by atoms with Gasteiger partial charge in [0.2, 0.25) is 0 Å². The van der Waals surface area contributed by atoms with Crippen LogP contribution in [0.3, 0.4) is 0 Å². The zero-order valence-electron chi connectivity index (χ0n) is 12.6. The SMILES string of the molecule is CC(C)CCNC(=O)N1CCOC(c2ccccc2Cl)C1. The number of carbonyl (C=O) groups is 1. The molecule has 1 N–H and O–H groups in total. The van der Waals surface area contributed by atoms with Gasteiger partial charge in [-0.05, 0) is 18.4 Å². The van der Waals surface area contributed by atoms with Crippen molar-refractivity contribution in [2.75, 3.05) is 26.2 Å². The molecule has 4 nitrogen and oxygen atoms in total. The second-order valence-electron chi connectivity index (χ2n) is 5.74. The second-order valence-corrected chi connectivity index (χ2v) is 6.15. The number of rotatable bonds is 4. The third-order valence-corrected chi connectivity index (χ3v) is 3.95. The number of amides is 2. The fraction of sp³-hybridized carbons (Fsp3) is 0.562. The fourth-order valence-corrected chi connectivity index (χ4v) is 2.60. The zero-order chi connectivity index (χ0) is 15.2. The molecule has 1 atom stereocenters. The predicted molar refractivity (Wildman–Crippen MR) is 84.6 cm³/mol. The molecule has 1 fully saturated rings. The molecule has 0 saturated carbocycles. The summed E-state index contributed by atoms with van der Waals surface area (Å²) in [6.07, 6.45) is 0.840. The zero-order valence-corrected chi connectivity index (χ0v) is 13.4. The number of urea groups is 1. The molecule has 0 aromatic heterocycles. The topological polar surface area (TPSA) is 41.6 Å². The Kier molecular flexibility index (Phi) is 5.88. The maximum absolute atomic E-state index is 12.2. The van der Waals surface area contributed by atoms with Crippen LogP contribution in [0.15, 0.2) is 24.3 Å². The van der Waals surface area contributed by atoms with Gasteiger partial charge >= 0.3 is 6.03 Å². The predicted octanol–water partition coefficient (Wildman–Crippen LogP) is 3.47.